The molecule has 0 unspecified atom stereocenters. The van der Waals surface area contributed by atoms with Crippen molar-refractivity contribution in [2.24, 2.45) is 5.92 Å². The molecule has 1 aromatic carbocycles. The summed E-state index contributed by atoms with van der Waals surface area (Å²) in [6.07, 6.45) is 4.76. The largest absolute Gasteiger partial charge is 0.295 e. The van der Waals surface area contributed by atoms with Crippen LogP contribution >= 0.6 is 11.6 Å². The van der Waals surface area contributed by atoms with E-state index >= 15 is 0 Å². The monoisotopic (exact) mass is 276 g/mol. The number of halogens is 1. The highest BCUT2D eigenvalue weighted by atomic mass is 35.5. The van der Waals surface area contributed by atoms with Crippen molar-refractivity contribution in [1.29, 1.82) is 0 Å². The van der Waals surface area contributed by atoms with Crippen LogP contribution in [0.25, 0.3) is 11.8 Å². The lowest BCUT2D eigenvalue weighted by Crippen LogP contribution is -2.02. The number of carbonyl (C=O) groups is 1. The minimum absolute atomic E-state index is 0.0353. The minimum Gasteiger partial charge on any atom is -0.295 e. The molecule has 0 atom stereocenters. The van der Waals surface area contributed by atoms with E-state index in [1.807, 2.05) is 13.8 Å². The lowest BCUT2D eigenvalue weighted by molar-refractivity contribution is -0.117. The van der Waals surface area contributed by atoms with Crippen LogP contribution in [0.2, 0.25) is 5.02 Å². The maximum absolute atomic E-state index is 11.6. The predicted molar refractivity (Wildman–Crippen MR) is 73.0 cm³/mol. The zero-order valence-corrected chi connectivity index (χ0v) is 11.4. The summed E-state index contributed by atoms with van der Waals surface area (Å²) in [4.78, 5) is 11.6. The van der Waals surface area contributed by atoms with Crippen molar-refractivity contribution in [1.82, 2.24) is 20.2 Å². The molecule has 1 aromatic heterocycles. The Bertz CT molecular complexity index is 605. The summed E-state index contributed by atoms with van der Waals surface area (Å²) in [5.41, 5.74) is 1.55. The van der Waals surface area contributed by atoms with Crippen LogP contribution in [-0.4, -0.2) is 26.0 Å². The van der Waals surface area contributed by atoms with E-state index < -0.39 is 0 Å². The van der Waals surface area contributed by atoms with Crippen LogP contribution in [0.4, 0.5) is 0 Å². The van der Waals surface area contributed by atoms with Gasteiger partial charge in [0.05, 0.1) is 5.69 Å². The van der Waals surface area contributed by atoms with Gasteiger partial charge in [0.15, 0.2) is 5.78 Å². The quantitative estimate of drug-likeness (QED) is 0.805. The summed E-state index contributed by atoms with van der Waals surface area (Å²) in [6.45, 7) is 3.71. The van der Waals surface area contributed by atoms with E-state index in [1.165, 1.54) is 11.0 Å². The van der Waals surface area contributed by atoms with Gasteiger partial charge in [-0.2, -0.15) is 4.68 Å². The second-order valence-corrected chi connectivity index (χ2v) is 4.78. The van der Waals surface area contributed by atoms with E-state index in [2.05, 4.69) is 15.5 Å². The van der Waals surface area contributed by atoms with Crippen LogP contribution in [-0.2, 0) is 4.79 Å². The number of aromatic nitrogens is 4. The van der Waals surface area contributed by atoms with Gasteiger partial charge in [0.2, 0.25) is 0 Å². The molecule has 0 amide bonds. The van der Waals surface area contributed by atoms with Crippen LogP contribution in [0.5, 0.6) is 0 Å². The molecule has 0 saturated heterocycles. The van der Waals surface area contributed by atoms with E-state index in [4.69, 9.17) is 11.6 Å². The summed E-state index contributed by atoms with van der Waals surface area (Å²) in [6, 6.07) is 5.32. The van der Waals surface area contributed by atoms with E-state index in [9.17, 15) is 4.79 Å². The third-order valence-corrected chi connectivity index (χ3v) is 2.82. The van der Waals surface area contributed by atoms with Gasteiger partial charge in [-0.3, -0.25) is 4.79 Å². The Kier molecular flexibility index (Phi) is 4.06. The smallest absolute Gasteiger partial charge is 0.158 e. The van der Waals surface area contributed by atoms with E-state index in [1.54, 1.807) is 30.4 Å². The maximum atomic E-state index is 11.6. The molecule has 19 heavy (non-hydrogen) atoms. The van der Waals surface area contributed by atoms with E-state index in [0.717, 1.165) is 11.3 Å². The molecule has 1 heterocycles. The van der Waals surface area contributed by atoms with Crippen molar-refractivity contribution >= 4 is 23.5 Å². The molecular formula is C13H13ClN4O. The van der Waals surface area contributed by atoms with Crippen LogP contribution in [0.15, 0.2) is 30.6 Å². The Morgan fingerprint density at radius 1 is 1.42 bits per heavy atom. The molecule has 0 saturated carbocycles. The average molecular weight is 277 g/mol. The first-order chi connectivity index (χ1) is 9.08. The van der Waals surface area contributed by atoms with Gasteiger partial charge in [0.25, 0.3) is 0 Å². The van der Waals surface area contributed by atoms with Crippen molar-refractivity contribution < 1.29 is 4.79 Å². The highest BCUT2D eigenvalue weighted by molar-refractivity contribution is 6.30. The normalized spacial score (nSPS) is 11.4. The fourth-order valence-electron chi connectivity index (χ4n) is 1.50. The average Bonchev–Trinajstić information content (AvgIpc) is 2.89. The number of hydrogen-bond acceptors (Lipinski definition) is 4. The fraction of sp³-hybridized carbons (Fsp3) is 0.231. The molecule has 0 bridgehead atoms. The number of hydrogen-bond donors (Lipinski definition) is 0. The van der Waals surface area contributed by atoms with Gasteiger partial charge in [0.1, 0.15) is 6.33 Å². The molecular weight excluding hydrogens is 264 g/mol. The molecule has 0 N–H and O–H groups in total. The number of benzene rings is 1. The third-order valence-electron chi connectivity index (χ3n) is 2.58. The van der Waals surface area contributed by atoms with Gasteiger partial charge in [0, 0.05) is 16.5 Å². The number of allylic oxidation sites excluding steroid dienone is 1. The first-order valence-corrected chi connectivity index (χ1v) is 6.20. The lowest BCUT2D eigenvalue weighted by Gasteiger charge is -2.05. The van der Waals surface area contributed by atoms with Crippen molar-refractivity contribution in [3.63, 3.8) is 0 Å². The molecule has 6 heteroatoms. The second kappa shape index (κ2) is 5.75. The van der Waals surface area contributed by atoms with Crippen LogP contribution in [0.3, 0.4) is 0 Å². The second-order valence-electron chi connectivity index (χ2n) is 4.35. The van der Waals surface area contributed by atoms with Crippen molar-refractivity contribution in [3.05, 3.63) is 41.2 Å². The number of nitrogens with zero attached hydrogens (tertiary/aromatic N) is 4. The van der Waals surface area contributed by atoms with Gasteiger partial charge in [-0.15, -0.1) is 5.10 Å². The van der Waals surface area contributed by atoms with Crippen molar-refractivity contribution in [2.45, 2.75) is 13.8 Å². The molecule has 0 radical (unpaired) electrons. The van der Waals surface area contributed by atoms with E-state index in [0.29, 0.717) is 5.02 Å². The summed E-state index contributed by atoms with van der Waals surface area (Å²) in [5.74, 6) is 0.0227. The molecule has 0 fully saturated rings. The minimum atomic E-state index is -0.0353. The first-order valence-electron chi connectivity index (χ1n) is 5.83. The number of tetrazole rings is 1. The molecule has 0 spiro atoms. The topological polar surface area (TPSA) is 60.7 Å². The summed E-state index contributed by atoms with van der Waals surface area (Å²) >= 11 is 5.98. The zero-order valence-electron chi connectivity index (χ0n) is 10.6. The van der Waals surface area contributed by atoms with Crippen LogP contribution in [0.1, 0.15) is 19.4 Å². The van der Waals surface area contributed by atoms with Gasteiger partial charge in [-0.1, -0.05) is 25.4 Å². The summed E-state index contributed by atoms with van der Waals surface area (Å²) in [5, 5.41) is 11.6. The SMILES string of the molecule is CC(C)C(=O)/C=C/c1cc(Cl)ccc1-n1cnnn1. The van der Waals surface area contributed by atoms with Crippen molar-refractivity contribution in [3.8, 4) is 5.69 Å². The Hall–Kier alpha value is -2.01. The maximum Gasteiger partial charge on any atom is 0.158 e. The summed E-state index contributed by atoms with van der Waals surface area (Å²) < 4.78 is 1.52. The number of rotatable bonds is 4. The van der Waals surface area contributed by atoms with E-state index in [-0.39, 0.29) is 11.7 Å². The first kappa shape index (κ1) is 13.4. The molecule has 0 aliphatic heterocycles. The lowest BCUT2D eigenvalue weighted by atomic mass is 10.1. The standard InChI is InChI=1S/C13H13ClN4O/c1-9(2)13(19)6-3-10-7-11(14)4-5-12(10)18-8-15-16-17-18/h3-9H,1-2H3/b6-3+. The summed E-state index contributed by atoms with van der Waals surface area (Å²) in [7, 11) is 0. The Morgan fingerprint density at radius 2 is 2.21 bits per heavy atom. The predicted octanol–water partition coefficient (Wildman–Crippen LogP) is 2.55. The highest BCUT2D eigenvalue weighted by Gasteiger charge is 2.06. The molecule has 2 rings (SSSR count). The molecule has 0 aliphatic rings. The Morgan fingerprint density at radius 3 is 2.84 bits per heavy atom. The highest BCUT2D eigenvalue weighted by Crippen LogP contribution is 2.20. The van der Waals surface area contributed by atoms with Crippen molar-refractivity contribution in [2.75, 3.05) is 0 Å². The zero-order chi connectivity index (χ0) is 13.8. The third kappa shape index (κ3) is 3.26. The molecule has 5 nitrogen and oxygen atoms in total. The molecule has 98 valence electrons. The van der Waals surface area contributed by atoms with Gasteiger partial charge in [-0.05, 0) is 40.8 Å². The Labute approximate surface area is 115 Å². The van der Waals surface area contributed by atoms with Crippen LogP contribution in [0, 0.1) is 5.92 Å². The van der Waals surface area contributed by atoms with Crippen LogP contribution < -0.4 is 0 Å². The number of carbonyl (C=O) groups excluding carboxylic acids is 1. The van der Waals surface area contributed by atoms with Gasteiger partial charge >= 0.3 is 0 Å². The Balaban J connectivity index is 2.39. The molecule has 2 aromatic rings. The van der Waals surface area contributed by atoms with Gasteiger partial charge in [-0.25, -0.2) is 0 Å². The fourth-order valence-corrected chi connectivity index (χ4v) is 1.68. The molecule has 0 aliphatic carbocycles. The van der Waals surface area contributed by atoms with Gasteiger partial charge < -0.3 is 0 Å². The number of ketones is 1.